The van der Waals surface area contributed by atoms with E-state index in [4.69, 9.17) is 4.74 Å². The van der Waals surface area contributed by atoms with Gasteiger partial charge < -0.3 is 24.5 Å². The van der Waals surface area contributed by atoms with Crippen molar-refractivity contribution in [1.82, 2.24) is 29.4 Å². The molecule has 1 aromatic carbocycles. The van der Waals surface area contributed by atoms with Gasteiger partial charge in [-0.25, -0.2) is 18.2 Å². The van der Waals surface area contributed by atoms with Crippen LogP contribution in [0.3, 0.4) is 0 Å². The molecule has 0 spiro atoms. The van der Waals surface area contributed by atoms with Gasteiger partial charge in [0.05, 0.1) is 30.0 Å². The number of likely N-dealkylation sites (tertiary alicyclic amines) is 1. The van der Waals surface area contributed by atoms with Gasteiger partial charge in [0, 0.05) is 30.9 Å². The van der Waals surface area contributed by atoms with Gasteiger partial charge in [-0.05, 0) is 50.3 Å². The van der Waals surface area contributed by atoms with Gasteiger partial charge in [-0.15, -0.1) is 0 Å². The van der Waals surface area contributed by atoms with E-state index < -0.39 is 18.8 Å². The summed E-state index contributed by atoms with van der Waals surface area (Å²) in [5.41, 5.74) is 1.46. The molecule has 4 heterocycles. The molecule has 206 valence electrons. The van der Waals surface area contributed by atoms with Crippen LogP contribution in [-0.2, 0) is 11.3 Å². The van der Waals surface area contributed by atoms with E-state index in [-0.39, 0.29) is 34.3 Å². The standard InChI is InChI=1S/C27H30F3N7O2/c1-14-32-22-18(28)8-15(9-19(22)37(14)13-20(29)30)17-12-31-23-21(17)24(39-3)35-26(34-23)33-16-10-27(2,11-16)25(38)36-6-4-5-7-36/h8-9,12,16,20H,4-7,10-11,13H2,1-3H3,(H2,31,33,34,35)/t16-,27+. The van der Waals surface area contributed by atoms with Gasteiger partial charge in [-0.1, -0.05) is 6.92 Å². The highest BCUT2D eigenvalue weighted by Crippen LogP contribution is 2.44. The molecule has 2 fully saturated rings. The largest absolute Gasteiger partial charge is 0.480 e. The van der Waals surface area contributed by atoms with Gasteiger partial charge in [0.1, 0.15) is 17.0 Å². The highest BCUT2D eigenvalue weighted by Gasteiger charge is 2.48. The van der Waals surface area contributed by atoms with Crippen molar-refractivity contribution in [2.45, 2.75) is 58.5 Å². The number of imidazole rings is 1. The summed E-state index contributed by atoms with van der Waals surface area (Å²) >= 11 is 0. The molecule has 2 aliphatic rings. The Bertz CT molecular complexity index is 1570. The number of methoxy groups -OCH3 is 1. The summed E-state index contributed by atoms with van der Waals surface area (Å²) in [6, 6.07) is 3.01. The predicted molar refractivity (Wildman–Crippen MR) is 140 cm³/mol. The lowest BCUT2D eigenvalue weighted by atomic mass is 9.66. The van der Waals surface area contributed by atoms with Gasteiger partial charge in [0.15, 0.2) is 5.82 Å². The van der Waals surface area contributed by atoms with Crippen LogP contribution in [-0.4, -0.2) is 68.0 Å². The summed E-state index contributed by atoms with van der Waals surface area (Å²) in [7, 11) is 1.49. The monoisotopic (exact) mass is 541 g/mol. The van der Waals surface area contributed by atoms with Gasteiger partial charge in [0.25, 0.3) is 6.43 Å². The maximum Gasteiger partial charge on any atom is 0.256 e. The summed E-state index contributed by atoms with van der Waals surface area (Å²) in [6.45, 7) is 4.68. The van der Waals surface area contributed by atoms with E-state index in [1.54, 1.807) is 19.2 Å². The fraction of sp³-hybridized carbons (Fsp3) is 0.481. The Labute approximate surface area is 222 Å². The molecule has 0 atom stereocenters. The lowest BCUT2D eigenvalue weighted by Crippen LogP contribution is -2.53. The molecule has 2 N–H and O–H groups in total. The number of rotatable bonds is 7. The normalized spacial score (nSPS) is 21.2. The Balaban J connectivity index is 1.29. The van der Waals surface area contributed by atoms with Crippen molar-refractivity contribution < 1.29 is 22.7 Å². The lowest BCUT2D eigenvalue weighted by Gasteiger charge is -2.45. The van der Waals surface area contributed by atoms with E-state index in [0.717, 1.165) is 25.9 Å². The molecular formula is C27H30F3N7O2. The third-order valence-electron chi connectivity index (χ3n) is 7.96. The predicted octanol–water partition coefficient (Wildman–Crippen LogP) is 4.90. The second-order valence-electron chi connectivity index (χ2n) is 10.8. The number of carbonyl (C=O) groups is 1. The van der Waals surface area contributed by atoms with Gasteiger partial charge in [-0.3, -0.25) is 4.79 Å². The number of amides is 1. The Morgan fingerprint density at radius 1 is 1.23 bits per heavy atom. The molecule has 0 radical (unpaired) electrons. The minimum atomic E-state index is -2.60. The molecule has 0 unspecified atom stereocenters. The third kappa shape index (κ3) is 4.35. The molecule has 1 amide bonds. The lowest BCUT2D eigenvalue weighted by molar-refractivity contribution is -0.145. The van der Waals surface area contributed by atoms with Crippen LogP contribution in [0.5, 0.6) is 5.88 Å². The van der Waals surface area contributed by atoms with Crippen molar-refractivity contribution in [3.8, 4) is 17.0 Å². The zero-order valence-electron chi connectivity index (χ0n) is 22.0. The van der Waals surface area contributed by atoms with Crippen molar-refractivity contribution in [1.29, 1.82) is 0 Å². The summed E-state index contributed by atoms with van der Waals surface area (Å²) in [5.74, 6) is 0.566. The number of alkyl halides is 2. The summed E-state index contributed by atoms with van der Waals surface area (Å²) in [4.78, 5) is 31.3. The number of fused-ring (bicyclic) bond motifs is 2. The van der Waals surface area contributed by atoms with Crippen LogP contribution in [0.1, 0.15) is 38.4 Å². The number of aryl methyl sites for hydroxylation is 1. The number of anilines is 1. The first-order valence-corrected chi connectivity index (χ1v) is 13.1. The minimum Gasteiger partial charge on any atom is -0.480 e. The fourth-order valence-corrected chi connectivity index (χ4v) is 6.05. The van der Waals surface area contributed by atoms with E-state index in [9.17, 15) is 13.6 Å². The maximum absolute atomic E-state index is 15.1. The number of aromatic nitrogens is 5. The van der Waals surface area contributed by atoms with Crippen LogP contribution in [0.2, 0.25) is 0 Å². The Morgan fingerprint density at radius 3 is 2.67 bits per heavy atom. The number of nitrogens with one attached hydrogen (secondary N) is 2. The van der Waals surface area contributed by atoms with Crippen molar-refractivity contribution in [2.24, 2.45) is 5.41 Å². The number of carbonyl (C=O) groups excluding carboxylic acids is 1. The van der Waals surface area contributed by atoms with E-state index in [1.165, 1.54) is 17.7 Å². The van der Waals surface area contributed by atoms with Crippen molar-refractivity contribution in [3.05, 3.63) is 30.0 Å². The fourth-order valence-electron chi connectivity index (χ4n) is 6.05. The zero-order chi connectivity index (χ0) is 27.5. The van der Waals surface area contributed by atoms with Crippen LogP contribution in [0, 0.1) is 18.2 Å². The molecule has 1 aliphatic carbocycles. The first-order chi connectivity index (χ1) is 18.7. The number of ether oxygens (including phenoxy) is 1. The summed E-state index contributed by atoms with van der Waals surface area (Å²) in [6.07, 6.45) is 2.57. The van der Waals surface area contributed by atoms with E-state index in [0.29, 0.717) is 46.8 Å². The maximum atomic E-state index is 15.1. The van der Waals surface area contributed by atoms with Gasteiger partial charge >= 0.3 is 0 Å². The third-order valence-corrected chi connectivity index (χ3v) is 7.96. The molecule has 1 aliphatic heterocycles. The quantitative estimate of drug-likeness (QED) is 0.345. The number of H-pyrrole nitrogens is 1. The number of halogens is 3. The number of aromatic amines is 1. The number of hydrogen-bond acceptors (Lipinski definition) is 6. The molecule has 6 rings (SSSR count). The highest BCUT2D eigenvalue weighted by molar-refractivity contribution is 5.99. The highest BCUT2D eigenvalue weighted by atomic mass is 19.3. The number of benzene rings is 1. The van der Waals surface area contributed by atoms with Crippen LogP contribution >= 0.6 is 0 Å². The van der Waals surface area contributed by atoms with Crippen molar-refractivity contribution >= 4 is 33.9 Å². The average molecular weight is 542 g/mol. The Hall–Kier alpha value is -3.83. The first kappa shape index (κ1) is 25.4. The van der Waals surface area contributed by atoms with E-state index in [1.807, 2.05) is 11.8 Å². The molecule has 1 saturated carbocycles. The Kier molecular flexibility index (Phi) is 6.15. The van der Waals surface area contributed by atoms with Crippen molar-refractivity contribution in [2.75, 3.05) is 25.5 Å². The molecule has 12 heteroatoms. The van der Waals surface area contributed by atoms with Gasteiger partial charge in [-0.2, -0.15) is 9.97 Å². The second kappa shape index (κ2) is 9.42. The molecule has 4 aromatic rings. The van der Waals surface area contributed by atoms with Crippen LogP contribution in [0.15, 0.2) is 18.3 Å². The first-order valence-electron chi connectivity index (χ1n) is 13.1. The SMILES string of the molecule is COc1nc(N[C@H]2C[C@@](C)(C(=O)N3CCCC3)C2)nc2[nH]cc(-c3cc(F)c4nc(C)n(CC(F)F)c4c3)c12. The van der Waals surface area contributed by atoms with Crippen LogP contribution in [0.25, 0.3) is 33.2 Å². The molecule has 9 nitrogen and oxygen atoms in total. The molecule has 39 heavy (non-hydrogen) atoms. The zero-order valence-corrected chi connectivity index (χ0v) is 22.0. The summed E-state index contributed by atoms with van der Waals surface area (Å²) in [5, 5.41) is 3.86. The van der Waals surface area contributed by atoms with E-state index >= 15 is 4.39 Å². The Morgan fingerprint density at radius 2 is 1.97 bits per heavy atom. The summed E-state index contributed by atoms with van der Waals surface area (Å²) < 4.78 is 48.3. The topological polar surface area (TPSA) is 101 Å². The molecule has 1 saturated heterocycles. The smallest absolute Gasteiger partial charge is 0.256 e. The number of hydrogen-bond donors (Lipinski definition) is 2. The molecular weight excluding hydrogens is 511 g/mol. The van der Waals surface area contributed by atoms with Crippen molar-refractivity contribution in [3.63, 3.8) is 0 Å². The number of nitrogens with zero attached hydrogens (tertiary/aromatic N) is 5. The second-order valence-corrected chi connectivity index (χ2v) is 10.8. The van der Waals surface area contributed by atoms with Crippen LogP contribution < -0.4 is 10.1 Å². The van der Waals surface area contributed by atoms with E-state index in [2.05, 4.69) is 25.3 Å². The van der Waals surface area contributed by atoms with Gasteiger partial charge in [0.2, 0.25) is 17.7 Å². The molecule has 3 aromatic heterocycles. The average Bonchev–Trinajstić information content (AvgIpc) is 3.62. The molecule has 0 bridgehead atoms. The van der Waals surface area contributed by atoms with Crippen LogP contribution in [0.4, 0.5) is 19.1 Å². The minimum absolute atomic E-state index is 0.0437.